The lowest BCUT2D eigenvalue weighted by atomic mass is 9.87. The van der Waals surface area contributed by atoms with Crippen LogP contribution in [-0.4, -0.2) is 52.9 Å². The highest BCUT2D eigenvalue weighted by atomic mass is 32.1. The number of thiazole rings is 1. The molecule has 0 radical (unpaired) electrons. The predicted octanol–water partition coefficient (Wildman–Crippen LogP) is 3.09. The molecule has 2 aromatic rings. The minimum absolute atomic E-state index is 0.298. The molecule has 0 bridgehead atoms. The Hall–Kier alpha value is -1.72. The van der Waals surface area contributed by atoms with Crippen LogP contribution in [0.25, 0.3) is 0 Å². The molecule has 1 aromatic heterocycles. The van der Waals surface area contributed by atoms with Crippen LogP contribution in [0.15, 0.2) is 29.8 Å². The van der Waals surface area contributed by atoms with Crippen LogP contribution in [-0.2, 0) is 24.1 Å². The number of aryl methyl sites for hydroxylation is 3. The molecular formula is C21H27N3OS. The average molecular weight is 370 g/mol. The highest BCUT2D eigenvalue weighted by Gasteiger charge is 2.28. The molecule has 1 aromatic carbocycles. The molecule has 1 aliphatic carbocycles. The summed E-state index contributed by atoms with van der Waals surface area (Å²) < 4.78 is 0. The van der Waals surface area contributed by atoms with E-state index in [0.717, 1.165) is 44.7 Å². The fraction of sp³-hybridized carbons (Fsp3) is 0.524. The van der Waals surface area contributed by atoms with Crippen molar-refractivity contribution in [3.63, 3.8) is 0 Å². The molecule has 1 saturated heterocycles. The van der Waals surface area contributed by atoms with Crippen molar-refractivity contribution in [3.05, 3.63) is 51.5 Å². The van der Waals surface area contributed by atoms with Crippen molar-refractivity contribution in [1.82, 2.24) is 14.8 Å². The first-order chi connectivity index (χ1) is 12.7. The normalized spacial score (nSPS) is 20.8. The standard InChI is InChI=1S/C21H27N3OS/c1-16-20(26-15-22-16)8-9-21(25)24-12-10-23(11-13-24)19-7-6-17-4-2-3-5-18(17)14-19/h2-5,15,19H,6-14H2,1H3/t19-/m1/s1. The van der Waals surface area contributed by atoms with Crippen molar-refractivity contribution in [3.8, 4) is 0 Å². The average Bonchev–Trinajstić information content (AvgIpc) is 3.10. The van der Waals surface area contributed by atoms with Crippen molar-refractivity contribution >= 4 is 17.2 Å². The number of carbonyl (C=O) groups excluding carboxylic acids is 1. The number of piperazine rings is 1. The first kappa shape index (κ1) is 17.7. The van der Waals surface area contributed by atoms with Crippen LogP contribution in [0.5, 0.6) is 0 Å². The first-order valence-corrected chi connectivity index (χ1v) is 10.6. The number of hydrogen-bond acceptors (Lipinski definition) is 4. The van der Waals surface area contributed by atoms with Crippen molar-refractivity contribution in [2.45, 2.75) is 45.1 Å². The Labute approximate surface area is 159 Å². The van der Waals surface area contributed by atoms with Gasteiger partial charge in [0.2, 0.25) is 5.91 Å². The van der Waals surface area contributed by atoms with E-state index in [0.29, 0.717) is 18.4 Å². The minimum Gasteiger partial charge on any atom is -0.340 e. The molecule has 0 spiro atoms. The van der Waals surface area contributed by atoms with Crippen molar-refractivity contribution in [1.29, 1.82) is 0 Å². The molecule has 1 atom stereocenters. The summed E-state index contributed by atoms with van der Waals surface area (Å²) in [6, 6.07) is 9.50. The lowest BCUT2D eigenvalue weighted by Crippen LogP contribution is -2.53. The van der Waals surface area contributed by atoms with Gasteiger partial charge in [0.15, 0.2) is 0 Å². The zero-order chi connectivity index (χ0) is 17.9. The molecule has 1 fully saturated rings. The van der Waals surface area contributed by atoms with E-state index < -0.39 is 0 Å². The van der Waals surface area contributed by atoms with E-state index in [4.69, 9.17) is 0 Å². The van der Waals surface area contributed by atoms with Crippen molar-refractivity contribution in [2.75, 3.05) is 26.2 Å². The Morgan fingerprint density at radius 3 is 2.69 bits per heavy atom. The van der Waals surface area contributed by atoms with Crippen molar-refractivity contribution in [2.24, 2.45) is 0 Å². The maximum Gasteiger partial charge on any atom is 0.223 e. The fourth-order valence-corrected chi connectivity index (χ4v) is 5.05. The van der Waals surface area contributed by atoms with Crippen molar-refractivity contribution < 1.29 is 4.79 Å². The Balaban J connectivity index is 1.26. The van der Waals surface area contributed by atoms with E-state index in [1.165, 1.54) is 28.8 Å². The second-order valence-corrected chi connectivity index (χ2v) is 8.38. The predicted molar refractivity (Wildman–Crippen MR) is 106 cm³/mol. The quantitative estimate of drug-likeness (QED) is 0.831. The van der Waals surface area contributed by atoms with E-state index in [1.54, 1.807) is 11.3 Å². The molecule has 0 saturated carbocycles. The van der Waals surface area contributed by atoms with E-state index in [2.05, 4.69) is 39.0 Å². The van der Waals surface area contributed by atoms with E-state index in [1.807, 2.05) is 12.4 Å². The molecule has 0 N–H and O–H groups in total. The second kappa shape index (κ2) is 7.89. The number of benzene rings is 1. The lowest BCUT2D eigenvalue weighted by molar-refractivity contribution is -0.133. The van der Waals surface area contributed by atoms with Crippen LogP contribution in [0.2, 0.25) is 0 Å². The molecular weight excluding hydrogens is 342 g/mol. The van der Waals surface area contributed by atoms with Gasteiger partial charge in [0.05, 0.1) is 11.2 Å². The van der Waals surface area contributed by atoms with Gasteiger partial charge in [-0.25, -0.2) is 4.98 Å². The minimum atomic E-state index is 0.298. The van der Waals surface area contributed by atoms with Gasteiger partial charge in [-0.1, -0.05) is 24.3 Å². The third kappa shape index (κ3) is 3.84. The summed E-state index contributed by atoms with van der Waals surface area (Å²) in [4.78, 5) is 22.7. The summed E-state index contributed by atoms with van der Waals surface area (Å²) in [5.74, 6) is 0.298. The fourth-order valence-electron chi connectivity index (χ4n) is 4.27. The van der Waals surface area contributed by atoms with E-state index in [-0.39, 0.29) is 0 Å². The summed E-state index contributed by atoms with van der Waals surface area (Å²) in [6.45, 7) is 5.80. The van der Waals surface area contributed by atoms with E-state index in [9.17, 15) is 4.79 Å². The number of fused-ring (bicyclic) bond motifs is 1. The number of aromatic nitrogens is 1. The smallest absolute Gasteiger partial charge is 0.223 e. The Bertz CT molecular complexity index is 764. The van der Waals surface area contributed by atoms with Crippen LogP contribution in [0.1, 0.15) is 34.5 Å². The largest absolute Gasteiger partial charge is 0.340 e. The Morgan fingerprint density at radius 2 is 1.96 bits per heavy atom. The summed E-state index contributed by atoms with van der Waals surface area (Å²) in [7, 11) is 0. The van der Waals surface area contributed by atoms with Gasteiger partial charge in [0, 0.05) is 43.5 Å². The molecule has 0 unspecified atom stereocenters. The van der Waals surface area contributed by atoms with Crippen LogP contribution >= 0.6 is 11.3 Å². The first-order valence-electron chi connectivity index (χ1n) is 9.68. The third-order valence-corrected chi connectivity index (χ3v) is 6.91. The highest BCUT2D eigenvalue weighted by Crippen LogP contribution is 2.25. The SMILES string of the molecule is Cc1ncsc1CCC(=O)N1CCN([C@@H]2CCc3ccccc3C2)CC1. The molecule has 4 nitrogen and oxygen atoms in total. The topological polar surface area (TPSA) is 36.4 Å². The van der Waals surface area contributed by atoms with Gasteiger partial charge in [0.1, 0.15) is 0 Å². The Kier molecular flexibility index (Phi) is 5.36. The zero-order valence-corrected chi connectivity index (χ0v) is 16.3. The van der Waals surface area contributed by atoms with Crippen LogP contribution in [0.4, 0.5) is 0 Å². The van der Waals surface area contributed by atoms with Gasteiger partial charge in [-0.3, -0.25) is 9.69 Å². The summed E-state index contributed by atoms with van der Waals surface area (Å²) in [5.41, 5.74) is 5.99. The van der Waals surface area contributed by atoms with Crippen LogP contribution in [0.3, 0.4) is 0 Å². The van der Waals surface area contributed by atoms with Gasteiger partial charge >= 0.3 is 0 Å². The molecule has 1 amide bonds. The van der Waals surface area contributed by atoms with Crippen LogP contribution < -0.4 is 0 Å². The van der Waals surface area contributed by atoms with Gasteiger partial charge in [-0.15, -0.1) is 11.3 Å². The highest BCUT2D eigenvalue weighted by molar-refractivity contribution is 7.09. The zero-order valence-electron chi connectivity index (χ0n) is 15.5. The van der Waals surface area contributed by atoms with Gasteiger partial charge in [-0.05, 0) is 43.7 Å². The number of carbonyl (C=O) groups is 1. The molecule has 138 valence electrons. The maximum atomic E-state index is 12.5. The Morgan fingerprint density at radius 1 is 1.19 bits per heavy atom. The number of amides is 1. The summed E-state index contributed by atoms with van der Waals surface area (Å²) in [6.07, 6.45) is 5.04. The summed E-state index contributed by atoms with van der Waals surface area (Å²) in [5, 5.41) is 0. The van der Waals surface area contributed by atoms with Gasteiger partial charge in [-0.2, -0.15) is 0 Å². The van der Waals surface area contributed by atoms with E-state index >= 15 is 0 Å². The number of hydrogen-bond donors (Lipinski definition) is 0. The van der Waals surface area contributed by atoms with Gasteiger partial charge < -0.3 is 4.90 Å². The molecule has 2 aliphatic rings. The molecule has 4 rings (SSSR count). The van der Waals surface area contributed by atoms with Crippen LogP contribution in [0, 0.1) is 6.92 Å². The maximum absolute atomic E-state index is 12.5. The molecule has 1 aliphatic heterocycles. The molecule has 26 heavy (non-hydrogen) atoms. The molecule has 5 heteroatoms. The molecule has 2 heterocycles. The lowest BCUT2D eigenvalue weighted by Gasteiger charge is -2.41. The van der Waals surface area contributed by atoms with Gasteiger partial charge in [0.25, 0.3) is 0 Å². The number of nitrogens with zero attached hydrogens (tertiary/aromatic N) is 3. The second-order valence-electron chi connectivity index (χ2n) is 7.44. The monoisotopic (exact) mass is 369 g/mol. The number of rotatable bonds is 4. The summed E-state index contributed by atoms with van der Waals surface area (Å²) >= 11 is 1.66. The third-order valence-electron chi connectivity index (χ3n) is 5.91.